The quantitative estimate of drug-likeness (QED) is 0.213. The van der Waals surface area contributed by atoms with E-state index >= 15 is 0 Å². The van der Waals surface area contributed by atoms with E-state index in [2.05, 4.69) is 41.1 Å². The molecule has 1 N–H and O–H groups in total. The van der Waals surface area contributed by atoms with Crippen LogP contribution >= 0.6 is 35.6 Å². The number of halogens is 2. The Morgan fingerprint density at radius 1 is 1.14 bits per heavy atom. The number of anilines is 1. The molecule has 8 heteroatoms. The Kier molecular flexibility index (Phi) is 13.7. The van der Waals surface area contributed by atoms with Crippen molar-refractivity contribution in [1.29, 1.82) is 0 Å². The van der Waals surface area contributed by atoms with E-state index in [1.165, 1.54) is 11.3 Å². The molecule has 166 valence electrons. The molecule has 0 saturated carbocycles. The summed E-state index contributed by atoms with van der Waals surface area (Å²) in [4.78, 5) is 9.58. The van der Waals surface area contributed by atoms with Crippen molar-refractivity contribution < 1.29 is 9.47 Å². The van der Waals surface area contributed by atoms with Gasteiger partial charge in [-0.2, -0.15) is 0 Å². The number of aliphatic imine (C=N–C) groups is 1. The molecule has 0 bridgehead atoms. The second-order valence-electron chi connectivity index (χ2n) is 6.95. The molecular formula is C21H36ClIN4O2. The fraction of sp³-hybridized carbons (Fsp3) is 0.667. The summed E-state index contributed by atoms with van der Waals surface area (Å²) in [6.07, 6.45) is 2.05. The summed E-state index contributed by atoms with van der Waals surface area (Å²) in [5.41, 5.74) is 2.51. The topological polar surface area (TPSA) is 49.3 Å². The minimum absolute atomic E-state index is 0. The van der Waals surface area contributed by atoms with Crippen LogP contribution in [0.5, 0.6) is 0 Å². The van der Waals surface area contributed by atoms with E-state index in [0.29, 0.717) is 13.2 Å². The number of nitrogens with zero attached hydrogens (tertiary/aromatic N) is 3. The largest absolute Gasteiger partial charge is 0.382 e. The van der Waals surface area contributed by atoms with Crippen LogP contribution in [0, 0.1) is 6.92 Å². The molecule has 1 saturated heterocycles. The first kappa shape index (κ1) is 26.3. The molecule has 0 spiro atoms. The van der Waals surface area contributed by atoms with E-state index in [1.54, 1.807) is 7.11 Å². The molecule has 1 aliphatic heterocycles. The summed E-state index contributed by atoms with van der Waals surface area (Å²) < 4.78 is 10.5. The fourth-order valence-electron chi connectivity index (χ4n) is 3.25. The summed E-state index contributed by atoms with van der Waals surface area (Å²) in [7, 11) is 1.69. The first-order valence-electron chi connectivity index (χ1n) is 10.3. The molecule has 6 nitrogen and oxygen atoms in total. The molecule has 0 unspecified atom stereocenters. The van der Waals surface area contributed by atoms with E-state index in [0.717, 1.165) is 69.7 Å². The smallest absolute Gasteiger partial charge is 0.194 e. The lowest BCUT2D eigenvalue weighted by Gasteiger charge is -2.38. The number of guanidine groups is 1. The van der Waals surface area contributed by atoms with Gasteiger partial charge in [0.15, 0.2) is 5.96 Å². The molecule has 0 radical (unpaired) electrons. The molecule has 0 amide bonds. The van der Waals surface area contributed by atoms with Gasteiger partial charge < -0.3 is 24.6 Å². The van der Waals surface area contributed by atoms with Crippen molar-refractivity contribution in [3.05, 3.63) is 28.8 Å². The van der Waals surface area contributed by atoms with Crippen LogP contribution < -0.4 is 10.2 Å². The number of methoxy groups -OCH3 is 1. The van der Waals surface area contributed by atoms with E-state index in [-0.39, 0.29) is 24.0 Å². The van der Waals surface area contributed by atoms with Crippen molar-refractivity contribution in [3.63, 3.8) is 0 Å². The molecule has 2 rings (SSSR count). The van der Waals surface area contributed by atoms with Crippen LogP contribution in [0.25, 0.3) is 0 Å². The molecule has 0 aromatic heterocycles. The van der Waals surface area contributed by atoms with Gasteiger partial charge in [0.1, 0.15) is 0 Å². The number of ether oxygens (including phenoxy) is 2. The van der Waals surface area contributed by atoms with E-state index in [4.69, 9.17) is 26.1 Å². The first-order valence-corrected chi connectivity index (χ1v) is 10.6. The first-order chi connectivity index (χ1) is 13.7. The van der Waals surface area contributed by atoms with Crippen LogP contribution in [-0.2, 0) is 9.47 Å². The van der Waals surface area contributed by atoms with E-state index < -0.39 is 0 Å². The highest BCUT2D eigenvalue weighted by molar-refractivity contribution is 14.0. The third-order valence-electron chi connectivity index (χ3n) is 4.82. The van der Waals surface area contributed by atoms with Crippen LogP contribution in [-0.4, -0.2) is 77.1 Å². The van der Waals surface area contributed by atoms with Gasteiger partial charge in [0.25, 0.3) is 0 Å². The highest BCUT2D eigenvalue weighted by atomic mass is 127. The third-order valence-corrected chi connectivity index (χ3v) is 5.05. The zero-order chi connectivity index (χ0) is 20.2. The number of nitrogens with one attached hydrogen (secondary N) is 1. The van der Waals surface area contributed by atoms with Crippen molar-refractivity contribution in [3.8, 4) is 0 Å². The second kappa shape index (κ2) is 15.1. The number of benzene rings is 1. The minimum atomic E-state index is 0. The average molecular weight is 539 g/mol. The van der Waals surface area contributed by atoms with E-state index in [1.807, 2.05) is 6.07 Å². The lowest BCUT2D eigenvalue weighted by Crippen LogP contribution is -2.52. The Hall–Kier alpha value is -0.770. The van der Waals surface area contributed by atoms with Gasteiger partial charge in [0.2, 0.25) is 0 Å². The average Bonchev–Trinajstić information content (AvgIpc) is 2.71. The molecule has 1 aromatic carbocycles. The summed E-state index contributed by atoms with van der Waals surface area (Å²) in [6.45, 7) is 11.9. The molecule has 1 aromatic rings. The molecule has 0 aliphatic carbocycles. The molecular weight excluding hydrogens is 503 g/mol. The normalized spacial score (nSPS) is 14.7. The summed E-state index contributed by atoms with van der Waals surface area (Å²) in [5.74, 6) is 1.02. The molecule has 1 heterocycles. The Morgan fingerprint density at radius 2 is 1.90 bits per heavy atom. The second-order valence-corrected chi connectivity index (χ2v) is 7.39. The maximum absolute atomic E-state index is 6.19. The van der Waals surface area contributed by atoms with Crippen LogP contribution in [0.3, 0.4) is 0 Å². The number of aryl methyl sites for hydroxylation is 1. The van der Waals surface area contributed by atoms with Crippen molar-refractivity contribution >= 4 is 47.2 Å². The highest BCUT2D eigenvalue weighted by Gasteiger charge is 2.20. The SMILES string of the molecule is CCNC(=NCCCCOCCOC)N1CCN(c2cc(Cl)ccc2C)CC1.I. The number of hydrogen-bond donors (Lipinski definition) is 1. The predicted molar refractivity (Wildman–Crippen MR) is 133 cm³/mol. The van der Waals surface area contributed by atoms with Crippen molar-refractivity contribution in [2.45, 2.75) is 26.7 Å². The molecule has 1 aliphatic rings. The van der Waals surface area contributed by atoms with Gasteiger partial charge in [-0.25, -0.2) is 0 Å². The van der Waals surface area contributed by atoms with Crippen LogP contribution in [0.1, 0.15) is 25.3 Å². The summed E-state index contributed by atoms with van der Waals surface area (Å²) in [5, 5.41) is 4.23. The van der Waals surface area contributed by atoms with Crippen molar-refractivity contribution in [2.24, 2.45) is 4.99 Å². The van der Waals surface area contributed by atoms with Gasteiger partial charge in [0.05, 0.1) is 13.2 Å². The Balaban J connectivity index is 0.00000420. The number of rotatable bonds is 10. The van der Waals surface area contributed by atoms with E-state index in [9.17, 15) is 0 Å². The molecule has 29 heavy (non-hydrogen) atoms. The summed E-state index contributed by atoms with van der Waals surface area (Å²) >= 11 is 6.19. The Morgan fingerprint density at radius 3 is 2.59 bits per heavy atom. The summed E-state index contributed by atoms with van der Waals surface area (Å²) in [6, 6.07) is 6.12. The monoisotopic (exact) mass is 538 g/mol. The zero-order valence-electron chi connectivity index (χ0n) is 18.0. The van der Waals surface area contributed by atoms with Crippen molar-refractivity contribution in [2.75, 3.05) is 71.1 Å². The van der Waals surface area contributed by atoms with Gasteiger partial charge in [-0.3, -0.25) is 4.99 Å². The maximum atomic E-state index is 6.19. The van der Waals surface area contributed by atoms with Crippen LogP contribution in [0.2, 0.25) is 5.02 Å². The molecule has 0 atom stereocenters. The fourth-order valence-corrected chi connectivity index (χ4v) is 3.42. The highest BCUT2D eigenvalue weighted by Crippen LogP contribution is 2.25. The zero-order valence-corrected chi connectivity index (χ0v) is 21.0. The predicted octanol–water partition coefficient (Wildman–Crippen LogP) is 3.80. The lowest BCUT2D eigenvalue weighted by atomic mass is 10.1. The Labute approximate surface area is 198 Å². The van der Waals surface area contributed by atoms with Gasteiger partial charge in [-0.05, 0) is 44.4 Å². The van der Waals surface area contributed by atoms with Crippen LogP contribution in [0.4, 0.5) is 5.69 Å². The third kappa shape index (κ3) is 9.27. The number of unbranched alkanes of at least 4 members (excludes halogenated alkanes) is 1. The van der Waals surface area contributed by atoms with Crippen LogP contribution in [0.15, 0.2) is 23.2 Å². The van der Waals surface area contributed by atoms with Gasteiger partial charge in [0, 0.05) is 63.7 Å². The number of piperazine rings is 1. The molecule has 1 fully saturated rings. The maximum Gasteiger partial charge on any atom is 0.194 e. The minimum Gasteiger partial charge on any atom is -0.382 e. The standard InChI is InChI=1S/C21H35ClN4O2.HI/c1-4-23-21(24-9-5-6-14-28-16-15-27-3)26-12-10-25(11-13-26)20-17-19(22)8-7-18(20)2;/h7-8,17H,4-6,9-16H2,1-3H3,(H,23,24);1H. The van der Waals surface area contributed by atoms with Gasteiger partial charge in [-0.1, -0.05) is 17.7 Å². The Bertz CT molecular complexity index is 610. The van der Waals surface area contributed by atoms with Gasteiger partial charge in [-0.15, -0.1) is 24.0 Å². The van der Waals surface area contributed by atoms with Gasteiger partial charge >= 0.3 is 0 Å². The number of hydrogen-bond acceptors (Lipinski definition) is 4. The van der Waals surface area contributed by atoms with Crippen molar-refractivity contribution in [1.82, 2.24) is 10.2 Å². The lowest BCUT2D eigenvalue weighted by molar-refractivity contribution is 0.0690.